The first kappa shape index (κ1) is 15.0. The molecule has 0 spiro atoms. The fraction of sp³-hybridized carbons (Fsp3) is 0.562. The van der Waals surface area contributed by atoms with Crippen molar-refractivity contribution in [1.82, 2.24) is 10.2 Å². The Morgan fingerprint density at radius 1 is 1.30 bits per heavy atom. The van der Waals surface area contributed by atoms with Gasteiger partial charge in [0.25, 0.3) is 0 Å². The number of nitrogens with zero attached hydrogens (tertiary/aromatic N) is 1. The van der Waals surface area contributed by atoms with Gasteiger partial charge in [-0.2, -0.15) is 0 Å². The van der Waals surface area contributed by atoms with Crippen molar-refractivity contribution in [3.05, 3.63) is 35.9 Å². The Labute approximate surface area is 120 Å². The summed E-state index contributed by atoms with van der Waals surface area (Å²) in [4.78, 5) is 14.3. The number of aliphatic carboxylic acids is 1. The van der Waals surface area contributed by atoms with Gasteiger partial charge in [0.2, 0.25) is 0 Å². The second-order valence-electron chi connectivity index (χ2n) is 5.37. The third-order valence-electron chi connectivity index (χ3n) is 4.10. The van der Waals surface area contributed by atoms with Crippen LogP contribution in [0.5, 0.6) is 0 Å². The Morgan fingerprint density at radius 3 is 2.70 bits per heavy atom. The van der Waals surface area contributed by atoms with Gasteiger partial charge in [-0.25, -0.2) is 4.79 Å². The van der Waals surface area contributed by atoms with Crippen molar-refractivity contribution in [2.75, 3.05) is 26.2 Å². The molecule has 1 aromatic rings. The lowest BCUT2D eigenvalue weighted by Gasteiger charge is -2.40. The molecule has 110 valence electrons. The highest BCUT2D eigenvalue weighted by atomic mass is 16.4. The molecule has 1 fully saturated rings. The maximum Gasteiger partial charge on any atom is 0.328 e. The van der Waals surface area contributed by atoms with Gasteiger partial charge < -0.3 is 10.4 Å². The summed E-state index contributed by atoms with van der Waals surface area (Å²) in [7, 11) is 0. The first-order valence-electron chi connectivity index (χ1n) is 7.46. The Balaban J connectivity index is 2.43. The molecule has 2 rings (SSSR count). The van der Waals surface area contributed by atoms with E-state index in [0.717, 1.165) is 44.6 Å². The van der Waals surface area contributed by atoms with E-state index in [2.05, 4.69) is 17.1 Å². The molecule has 2 N–H and O–H groups in total. The van der Waals surface area contributed by atoms with Gasteiger partial charge in [-0.3, -0.25) is 4.90 Å². The van der Waals surface area contributed by atoms with Crippen molar-refractivity contribution in [3.8, 4) is 0 Å². The maximum absolute atomic E-state index is 12.2. The minimum Gasteiger partial charge on any atom is -0.480 e. The molecule has 1 unspecified atom stereocenters. The fourth-order valence-corrected chi connectivity index (χ4v) is 3.15. The van der Waals surface area contributed by atoms with Crippen LogP contribution in [0.15, 0.2) is 30.3 Å². The van der Waals surface area contributed by atoms with Crippen LogP contribution < -0.4 is 5.32 Å². The molecule has 0 amide bonds. The van der Waals surface area contributed by atoms with Crippen LogP contribution in [0.4, 0.5) is 0 Å². The lowest BCUT2D eigenvalue weighted by Crippen LogP contribution is -2.53. The zero-order valence-corrected chi connectivity index (χ0v) is 12.1. The number of benzene rings is 1. The normalized spacial score (nSPS) is 20.1. The zero-order valence-electron chi connectivity index (χ0n) is 12.1. The van der Waals surface area contributed by atoms with E-state index in [9.17, 15) is 9.90 Å². The molecule has 1 aromatic carbocycles. The van der Waals surface area contributed by atoms with Gasteiger partial charge in [0, 0.05) is 19.6 Å². The van der Waals surface area contributed by atoms with E-state index >= 15 is 0 Å². The lowest BCUT2D eigenvalue weighted by molar-refractivity contribution is -0.153. The molecule has 0 bridgehead atoms. The Bertz CT molecular complexity index is 427. The van der Waals surface area contributed by atoms with Crippen molar-refractivity contribution < 1.29 is 9.90 Å². The monoisotopic (exact) mass is 276 g/mol. The van der Waals surface area contributed by atoms with Gasteiger partial charge in [0.1, 0.15) is 5.54 Å². The van der Waals surface area contributed by atoms with Crippen molar-refractivity contribution in [3.63, 3.8) is 0 Å². The molecule has 4 heteroatoms. The average molecular weight is 276 g/mol. The second-order valence-corrected chi connectivity index (χ2v) is 5.37. The van der Waals surface area contributed by atoms with Gasteiger partial charge in [0.05, 0.1) is 0 Å². The van der Waals surface area contributed by atoms with E-state index in [-0.39, 0.29) is 0 Å². The molecule has 1 aliphatic heterocycles. The van der Waals surface area contributed by atoms with Crippen LogP contribution >= 0.6 is 0 Å². The van der Waals surface area contributed by atoms with E-state index in [1.165, 1.54) is 0 Å². The number of nitrogens with one attached hydrogen (secondary N) is 1. The topological polar surface area (TPSA) is 52.6 Å². The molecule has 0 aromatic heterocycles. The number of carbonyl (C=O) groups is 1. The molecule has 4 nitrogen and oxygen atoms in total. The zero-order chi connectivity index (χ0) is 14.4. The van der Waals surface area contributed by atoms with Crippen LogP contribution in [0.25, 0.3) is 0 Å². The van der Waals surface area contributed by atoms with Gasteiger partial charge in [0.15, 0.2) is 0 Å². The van der Waals surface area contributed by atoms with Crippen LogP contribution in [0.1, 0.15) is 31.7 Å². The van der Waals surface area contributed by atoms with E-state index in [1.807, 2.05) is 30.3 Å². The first-order chi connectivity index (χ1) is 9.71. The van der Waals surface area contributed by atoms with Gasteiger partial charge in [-0.15, -0.1) is 0 Å². The van der Waals surface area contributed by atoms with Crippen LogP contribution in [0.2, 0.25) is 0 Å². The quantitative estimate of drug-likeness (QED) is 0.864. The number of carboxylic acids is 1. The average Bonchev–Trinajstić information content (AvgIpc) is 2.74. The van der Waals surface area contributed by atoms with Gasteiger partial charge in [-0.1, -0.05) is 43.7 Å². The number of carboxylic acid groups (broad SMARTS) is 1. The lowest BCUT2D eigenvalue weighted by atomic mass is 9.83. The molecule has 1 atom stereocenters. The minimum atomic E-state index is -0.887. The molecule has 0 radical (unpaired) electrons. The summed E-state index contributed by atoms with van der Waals surface area (Å²) in [6.45, 7) is 5.48. The highest BCUT2D eigenvalue weighted by molar-refractivity contribution is 5.80. The van der Waals surface area contributed by atoms with Gasteiger partial charge in [-0.05, 0) is 24.9 Å². The number of hydrogen-bond donors (Lipinski definition) is 2. The first-order valence-corrected chi connectivity index (χ1v) is 7.46. The SMILES string of the molecule is CCCC(C(=O)O)(c1ccccc1)N1CCCNCC1. The Morgan fingerprint density at radius 2 is 2.05 bits per heavy atom. The van der Waals surface area contributed by atoms with E-state index in [1.54, 1.807) is 0 Å². The summed E-state index contributed by atoms with van der Waals surface area (Å²) in [5, 5.41) is 13.3. The highest BCUT2D eigenvalue weighted by Gasteiger charge is 2.44. The molecule has 0 aliphatic carbocycles. The van der Waals surface area contributed by atoms with Crippen LogP contribution in [-0.2, 0) is 10.3 Å². The van der Waals surface area contributed by atoms with E-state index in [4.69, 9.17) is 0 Å². The van der Waals surface area contributed by atoms with Crippen LogP contribution in [0.3, 0.4) is 0 Å². The molecular weight excluding hydrogens is 252 g/mol. The largest absolute Gasteiger partial charge is 0.480 e. The summed E-state index contributed by atoms with van der Waals surface area (Å²) < 4.78 is 0. The van der Waals surface area contributed by atoms with E-state index < -0.39 is 11.5 Å². The summed E-state index contributed by atoms with van der Waals surface area (Å²) in [5.74, 6) is -0.729. The van der Waals surface area contributed by atoms with Crippen molar-refractivity contribution >= 4 is 5.97 Å². The Kier molecular flexibility index (Phi) is 5.15. The second kappa shape index (κ2) is 6.86. The third kappa shape index (κ3) is 2.86. The minimum absolute atomic E-state index is 0.645. The fourth-order valence-electron chi connectivity index (χ4n) is 3.15. The molecule has 1 saturated heterocycles. The molecular formula is C16H24N2O2. The van der Waals surface area contributed by atoms with Crippen molar-refractivity contribution in [1.29, 1.82) is 0 Å². The summed E-state index contributed by atoms with van der Waals surface area (Å²) in [5.41, 5.74) is 0.0124. The van der Waals surface area contributed by atoms with Crippen molar-refractivity contribution in [2.24, 2.45) is 0 Å². The third-order valence-corrected chi connectivity index (χ3v) is 4.10. The maximum atomic E-state index is 12.2. The molecule has 1 heterocycles. The molecule has 1 aliphatic rings. The molecule has 20 heavy (non-hydrogen) atoms. The van der Waals surface area contributed by atoms with Crippen molar-refractivity contribution in [2.45, 2.75) is 31.7 Å². The standard InChI is InChI=1S/C16H24N2O2/c1-2-9-16(15(19)20,14-7-4-3-5-8-14)18-12-6-10-17-11-13-18/h3-5,7-8,17H,2,6,9-13H2,1H3,(H,19,20). The summed E-state index contributed by atoms with van der Waals surface area (Å²) >= 11 is 0. The van der Waals surface area contributed by atoms with Crippen LogP contribution in [-0.4, -0.2) is 42.2 Å². The summed E-state index contributed by atoms with van der Waals surface area (Å²) in [6, 6.07) is 9.69. The number of hydrogen-bond acceptors (Lipinski definition) is 3. The summed E-state index contributed by atoms with van der Waals surface area (Å²) in [6.07, 6.45) is 2.49. The predicted molar refractivity (Wildman–Crippen MR) is 79.7 cm³/mol. The predicted octanol–water partition coefficient (Wildman–Crippen LogP) is 2.06. The molecule has 0 saturated carbocycles. The van der Waals surface area contributed by atoms with Crippen LogP contribution in [0, 0.1) is 0 Å². The smallest absolute Gasteiger partial charge is 0.328 e. The highest BCUT2D eigenvalue weighted by Crippen LogP contribution is 2.34. The Hall–Kier alpha value is -1.39. The van der Waals surface area contributed by atoms with Gasteiger partial charge >= 0.3 is 5.97 Å². The van der Waals surface area contributed by atoms with E-state index in [0.29, 0.717) is 6.42 Å². The number of rotatable bonds is 5.